The largest absolute Gasteiger partial charge is 0.356 e. The molecule has 0 spiro atoms. The molecule has 0 atom stereocenters. The zero-order valence-corrected chi connectivity index (χ0v) is 12.8. The molecular weight excluding hydrogens is 280 g/mol. The smallest absolute Gasteiger partial charge is 0.243 e. The number of hydrogen-bond acceptors (Lipinski definition) is 3. The van der Waals surface area contributed by atoms with Crippen molar-refractivity contribution < 1.29 is 14.8 Å². The second kappa shape index (κ2) is 11.5. The molecule has 0 unspecified atom stereocenters. The second-order valence-electron chi connectivity index (χ2n) is 5.05. The Labute approximate surface area is 131 Å². The van der Waals surface area contributed by atoms with Gasteiger partial charge in [-0.3, -0.25) is 14.8 Å². The van der Waals surface area contributed by atoms with Crippen molar-refractivity contribution in [2.75, 3.05) is 6.54 Å². The predicted octanol–water partition coefficient (Wildman–Crippen LogP) is 2.66. The normalized spacial score (nSPS) is 10.6. The predicted molar refractivity (Wildman–Crippen MR) is 86.1 cm³/mol. The van der Waals surface area contributed by atoms with Crippen LogP contribution < -0.4 is 10.8 Å². The highest BCUT2D eigenvalue weighted by Crippen LogP contribution is 2.03. The average Bonchev–Trinajstić information content (AvgIpc) is 2.55. The fourth-order valence-corrected chi connectivity index (χ4v) is 1.96. The molecule has 0 bridgehead atoms. The van der Waals surface area contributed by atoms with Gasteiger partial charge in [-0.05, 0) is 24.8 Å². The Kier molecular flexibility index (Phi) is 9.37. The first kappa shape index (κ1) is 17.9. The summed E-state index contributed by atoms with van der Waals surface area (Å²) in [6, 6.07) is 9.98. The van der Waals surface area contributed by atoms with Crippen molar-refractivity contribution in [3.8, 4) is 0 Å². The van der Waals surface area contributed by atoms with Gasteiger partial charge in [0.1, 0.15) is 0 Å². The molecule has 3 N–H and O–H groups in total. The van der Waals surface area contributed by atoms with Crippen LogP contribution >= 0.6 is 0 Å². The van der Waals surface area contributed by atoms with E-state index >= 15 is 0 Å². The molecule has 5 nitrogen and oxygen atoms in total. The van der Waals surface area contributed by atoms with Crippen LogP contribution in [0.3, 0.4) is 0 Å². The van der Waals surface area contributed by atoms with Gasteiger partial charge in [0.25, 0.3) is 0 Å². The highest BCUT2D eigenvalue weighted by Gasteiger charge is 2.00. The van der Waals surface area contributed by atoms with Crippen LogP contribution in [-0.4, -0.2) is 23.6 Å². The van der Waals surface area contributed by atoms with Crippen LogP contribution in [0.4, 0.5) is 0 Å². The summed E-state index contributed by atoms with van der Waals surface area (Å²) >= 11 is 0. The maximum Gasteiger partial charge on any atom is 0.243 e. The van der Waals surface area contributed by atoms with Crippen LogP contribution in [0.1, 0.15) is 44.1 Å². The van der Waals surface area contributed by atoms with Crippen LogP contribution in [0.15, 0.2) is 36.4 Å². The molecule has 0 radical (unpaired) electrons. The van der Waals surface area contributed by atoms with Crippen LogP contribution in [0.25, 0.3) is 6.08 Å². The summed E-state index contributed by atoms with van der Waals surface area (Å²) in [6.45, 7) is 0.627. The van der Waals surface area contributed by atoms with Crippen molar-refractivity contribution in [1.82, 2.24) is 10.8 Å². The zero-order chi connectivity index (χ0) is 16.0. The summed E-state index contributed by atoms with van der Waals surface area (Å²) in [5, 5.41) is 11.2. The van der Waals surface area contributed by atoms with E-state index in [1.54, 1.807) is 5.48 Å². The molecule has 1 aromatic carbocycles. The molecule has 2 amide bonds. The maximum atomic E-state index is 11.6. The lowest BCUT2D eigenvalue weighted by Crippen LogP contribution is -2.24. The number of amides is 2. The molecule has 0 fully saturated rings. The minimum absolute atomic E-state index is 0.0470. The number of unbranched alkanes of at least 4 members (excludes halogenated alkanes) is 2. The third-order valence-corrected chi connectivity index (χ3v) is 3.18. The molecule has 5 heteroatoms. The number of hydroxylamine groups is 1. The summed E-state index contributed by atoms with van der Waals surface area (Å²) in [5.41, 5.74) is 2.73. The summed E-state index contributed by atoms with van der Waals surface area (Å²) in [7, 11) is 0. The molecule has 22 heavy (non-hydrogen) atoms. The standard InChI is InChI=1S/C17H24N2O3/c20-16(18-14-8-2-5-13-17(21)19-22)12-7-6-11-15-9-3-1-4-10-15/h1,3-4,6,9-11,22H,2,5,7-8,12-14H2,(H,18,20)(H,19,21)/b11-6-. The number of benzene rings is 1. The quantitative estimate of drug-likeness (QED) is 0.353. The Morgan fingerprint density at radius 3 is 2.50 bits per heavy atom. The molecule has 0 aromatic heterocycles. The molecular formula is C17H24N2O3. The zero-order valence-electron chi connectivity index (χ0n) is 12.8. The highest BCUT2D eigenvalue weighted by molar-refractivity contribution is 5.76. The molecule has 0 aliphatic heterocycles. The van der Waals surface area contributed by atoms with Crippen molar-refractivity contribution in [3.05, 3.63) is 42.0 Å². The van der Waals surface area contributed by atoms with E-state index in [1.165, 1.54) is 0 Å². The van der Waals surface area contributed by atoms with Crippen molar-refractivity contribution >= 4 is 17.9 Å². The van der Waals surface area contributed by atoms with Gasteiger partial charge in [0.2, 0.25) is 11.8 Å². The van der Waals surface area contributed by atoms with Crippen LogP contribution in [-0.2, 0) is 9.59 Å². The monoisotopic (exact) mass is 304 g/mol. The van der Waals surface area contributed by atoms with Gasteiger partial charge in [-0.15, -0.1) is 0 Å². The van der Waals surface area contributed by atoms with Gasteiger partial charge in [0.05, 0.1) is 0 Å². The molecule has 120 valence electrons. The summed E-state index contributed by atoms with van der Waals surface area (Å²) in [5.74, 6) is -0.319. The molecule has 0 aliphatic carbocycles. The number of carbonyl (C=O) groups excluding carboxylic acids is 2. The third-order valence-electron chi connectivity index (χ3n) is 3.18. The van der Waals surface area contributed by atoms with Gasteiger partial charge < -0.3 is 5.32 Å². The van der Waals surface area contributed by atoms with E-state index in [0.29, 0.717) is 25.8 Å². The first-order valence-electron chi connectivity index (χ1n) is 7.63. The molecule has 0 heterocycles. The number of nitrogens with one attached hydrogen (secondary N) is 2. The lowest BCUT2D eigenvalue weighted by atomic mass is 10.1. The van der Waals surface area contributed by atoms with E-state index in [4.69, 9.17) is 5.21 Å². The minimum Gasteiger partial charge on any atom is -0.356 e. The van der Waals surface area contributed by atoms with E-state index in [2.05, 4.69) is 5.32 Å². The van der Waals surface area contributed by atoms with E-state index in [0.717, 1.165) is 24.8 Å². The third kappa shape index (κ3) is 8.92. The Morgan fingerprint density at radius 2 is 1.77 bits per heavy atom. The minimum atomic E-state index is -0.366. The number of hydrogen-bond donors (Lipinski definition) is 3. The first-order chi connectivity index (χ1) is 10.7. The summed E-state index contributed by atoms with van der Waals surface area (Å²) in [4.78, 5) is 22.4. The van der Waals surface area contributed by atoms with E-state index in [9.17, 15) is 9.59 Å². The highest BCUT2D eigenvalue weighted by atomic mass is 16.5. The van der Waals surface area contributed by atoms with Crippen molar-refractivity contribution in [3.63, 3.8) is 0 Å². The summed E-state index contributed by atoms with van der Waals surface area (Å²) in [6.07, 6.45) is 7.93. The van der Waals surface area contributed by atoms with Crippen LogP contribution in [0, 0.1) is 0 Å². The van der Waals surface area contributed by atoms with Gasteiger partial charge in [0.15, 0.2) is 0 Å². The molecule has 0 saturated heterocycles. The van der Waals surface area contributed by atoms with E-state index in [1.807, 2.05) is 42.5 Å². The molecule has 1 aromatic rings. The first-order valence-corrected chi connectivity index (χ1v) is 7.63. The number of allylic oxidation sites excluding steroid dienone is 1. The lowest BCUT2D eigenvalue weighted by molar-refractivity contribution is -0.129. The Morgan fingerprint density at radius 1 is 1.00 bits per heavy atom. The number of carbonyl (C=O) groups is 2. The van der Waals surface area contributed by atoms with Crippen molar-refractivity contribution in [2.24, 2.45) is 0 Å². The molecule has 0 aliphatic rings. The van der Waals surface area contributed by atoms with Crippen LogP contribution in [0.5, 0.6) is 0 Å². The Bertz CT molecular complexity index is 472. The SMILES string of the molecule is O=C(CCCCCNC(=O)CC/C=C\c1ccccc1)NO. The van der Waals surface area contributed by atoms with E-state index in [-0.39, 0.29) is 11.8 Å². The van der Waals surface area contributed by atoms with Gasteiger partial charge in [-0.2, -0.15) is 0 Å². The topological polar surface area (TPSA) is 78.4 Å². The number of rotatable bonds is 10. The maximum absolute atomic E-state index is 11.6. The molecule has 1 rings (SSSR count). The van der Waals surface area contributed by atoms with Crippen molar-refractivity contribution in [1.29, 1.82) is 0 Å². The molecule has 0 saturated carbocycles. The van der Waals surface area contributed by atoms with Crippen molar-refractivity contribution in [2.45, 2.75) is 38.5 Å². The van der Waals surface area contributed by atoms with Gasteiger partial charge in [-0.25, -0.2) is 5.48 Å². The van der Waals surface area contributed by atoms with Crippen LogP contribution in [0.2, 0.25) is 0 Å². The fourth-order valence-electron chi connectivity index (χ4n) is 1.96. The fraction of sp³-hybridized carbons (Fsp3) is 0.412. The Balaban J connectivity index is 2.00. The Hall–Kier alpha value is -2.14. The average molecular weight is 304 g/mol. The van der Waals surface area contributed by atoms with Gasteiger partial charge in [0, 0.05) is 19.4 Å². The lowest BCUT2D eigenvalue weighted by Gasteiger charge is -2.04. The van der Waals surface area contributed by atoms with E-state index < -0.39 is 0 Å². The summed E-state index contributed by atoms with van der Waals surface area (Å²) < 4.78 is 0. The van der Waals surface area contributed by atoms with Gasteiger partial charge in [-0.1, -0.05) is 48.9 Å². The second-order valence-corrected chi connectivity index (χ2v) is 5.05. The van der Waals surface area contributed by atoms with Gasteiger partial charge >= 0.3 is 0 Å².